The van der Waals surface area contributed by atoms with Crippen LogP contribution in [0.15, 0.2) is 24.3 Å². The maximum atomic E-state index is 6.05. The minimum absolute atomic E-state index is 0.0864. The lowest BCUT2D eigenvalue weighted by molar-refractivity contribution is 0.0488. The van der Waals surface area contributed by atoms with Crippen LogP contribution in [0.5, 0.6) is 5.75 Å². The summed E-state index contributed by atoms with van der Waals surface area (Å²) in [6.07, 6.45) is 4.95. The molecule has 1 saturated carbocycles. The molecule has 1 fully saturated rings. The molecule has 1 unspecified atom stereocenters. The van der Waals surface area contributed by atoms with Gasteiger partial charge in [0.15, 0.2) is 0 Å². The van der Waals surface area contributed by atoms with Crippen molar-refractivity contribution in [2.75, 3.05) is 20.3 Å². The second-order valence-corrected chi connectivity index (χ2v) is 5.14. The Balaban J connectivity index is 2.00. The maximum absolute atomic E-state index is 6.05. The molecule has 0 radical (unpaired) electrons. The molecular formula is C16H25NO2. The van der Waals surface area contributed by atoms with Gasteiger partial charge in [0.2, 0.25) is 0 Å². The molecule has 0 heterocycles. The van der Waals surface area contributed by atoms with Crippen molar-refractivity contribution in [2.45, 2.75) is 44.8 Å². The zero-order valence-corrected chi connectivity index (χ0v) is 12.0. The van der Waals surface area contributed by atoms with E-state index in [0.29, 0.717) is 6.04 Å². The second kappa shape index (κ2) is 7.51. The fourth-order valence-corrected chi connectivity index (χ4v) is 2.12. The van der Waals surface area contributed by atoms with Crippen LogP contribution in [0.1, 0.15) is 44.3 Å². The van der Waals surface area contributed by atoms with Crippen molar-refractivity contribution in [3.05, 3.63) is 29.8 Å². The molecule has 0 saturated heterocycles. The van der Waals surface area contributed by atoms with E-state index < -0.39 is 0 Å². The Hall–Kier alpha value is -1.06. The number of hydrogen-bond donors (Lipinski definition) is 1. The normalized spacial score (nSPS) is 16.3. The Morgan fingerprint density at radius 1 is 1.32 bits per heavy atom. The van der Waals surface area contributed by atoms with Crippen molar-refractivity contribution in [1.29, 1.82) is 0 Å². The fourth-order valence-electron chi connectivity index (χ4n) is 2.12. The number of benzene rings is 1. The van der Waals surface area contributed by atoms with Gasteiger partial charge in [-0.05, 0) is 25.3 Å². The number of nitrogens with one attached hydrogen (secondary N) is 1. The Morgan fingerprint density at radius 2 is 2.11 bits per heavy atom. The molecule has 0 aliphatic heterocycles. The average molecular weight is 263 g/mol. The number of hydrogen-bond acceptors (Lipinski definition) is 3. The van der Waals surface area contributed by atoms with Gasteiger partial charge in [0, 0.05) is 24.8 Å². The molecule has 1 aromatic carbocycles. The van der Waals surface area contributed by atoms with Crippen LogP contribution in [0.25, 0.3) is 0 Å². The molecule has 1 aliphatic rings. The lowest BCUT2D eigenvalue weighted by Crippen LogP contribution is -2.25. The van der Waals surface area contributed by atoms with Gasteiger partial charge in [0.1, 0.15) is 5.75 Å². The molecule has 1 aromatic rings. The van der Waals surface area contributed by atoms with Crippen molar-refractivity contribution in [2.24, 2.45) is 0 Å². The molecular weight excluding hydrogens is 238 g/mol. The van der Waals surface area contributed by atoms with Crippen molar-refractivity contribution in [3.8, 4) is 5.75 Å². The summed E-state index contributed by atoms with van der Waals surface area (Å²) in [5.41, 5.74) is 1.15. The first kappa shape index (κ1) is 14.4. The molecule has 1 N–H and O–H groups in total. The predicted octanol–water partition coefficient (Wildman–Crippen LogP) is 3.31. The van der Waals surface area contributed by atoms with Crippen molar-refractivity contribution in [3.63, 3.8) is 0 Å². The quantitative estimate of drug-likeness (QED) is 0.693. The molecule has 1 atom stereocenters. The highest BCUT2D eigenvalue weighted by Gasteiger charge is 2.23. The first-order valence-corrected chi connectivity index (χ1v) is 7.33. The fraction of sp³-hybridized carbons (Fsp3) is 0.625. The number of unbranched alkanes of at least 4 members (excludes halogenated alkanes) is 1. The highest BCUT2D eigenvalue weighted by molar-refractivity contribution is 5.35. The standard InChI is InChI=1S/C16H25NO2/c1-3-4-11-19-16(12-17-13-9-10-13)14-7-5-6-8-15(14)18-2/h5-8,13,16-17H,3-4,9-12H2,1-2H3. The molecule has 3 heteroatoms. The highest BCUT2D eigenvalue weighted by atomic mass is 16.5. The number of ether oxygens (including phenoxy) is 2. The SMILES string of the molecule is CCCCOC(CNC1CC1)c1ccccc1OC. The van der Waals surface area contributed by atoms with E-state index in [-0.39, 0.29) is 6.10 Å². The molecule has 106 valence electrons. The molecule has 1 aliphatic carbocycles. The van der Waals surface area contributed by atoms with Crippen LogP contribution < -0.4 is 10.1 Å². The highest BCUT2D eigenvalue weighted by Crippen LogP contribution is 2.28. The molecule has 19 heavy (non-hydrogen) atoms. The van der Waals surface area contributed by atoms with E-state index >= 15 is 0 Å². The number of methoxy groups -OCH3 is 1. The lowest BCUT2D eigenvalue weighted by atomic mass is 10.1. The van der Waals surface area contributed by atoms with Gasteiger partial charge in [-0.25, -0.2) is 0 Å². The van der Waals surface area contributed by atoms with Gasteiger partial charge in [-0.1, -0.05) is 31.5 Å². The van der Waals surface area contributed by atoms with Crippen LogP contribution in [0.2, 0.25) is 0 Å². The van der Waals surface area contributed by atoms with Crippen LogP contribution >= 0.6 is 0 Å². The van der Waals surface area contributed by atoms with E-state index in [1.807, 2.05) is 18.2 Å². The summed E-state index contributed by atoms with van der Waals surface area (Å²) >= 11 is 0. The minimum Gasteiger partial charge on any atom is -0.496 e. The third-order valence-electron chi connectivity index (χ3n) is 3.47. The molecule has 3 nitrogen and oxygen atoms in total. The molecule has 0 spiro atoms. The van der Waals surface area contributed by atoms with Crippen molar-refractivity contribution < 1.29 is 9.47 Å². The van der Waals surface area contributed by atoms with Crippen LogP contribution in [-0.4, -0.2) is 26.3 Å². The summed E-state index contributed by atoms with van der Waals surface area (Å²) in [7, 11) is 1.72. The molecule has 0 aromatic heterocycles. The zero-order chi connectivity index (χ0) is 13.5. The summed E-state index contributed by atoms with van der Waals surface area (Å²) < 4.78 is 11.5. The number of rotatable bonds is 9. The topological polar surface area (TPSA) is 30.5 Å². The van der Waals surface area contributed by atoms with Crippen molar-refractivity contribution >= 4 is 0 Å². The van der Waals surface area contributed by atoms with E-state index in [2.05, 4.69) is 18.3 Å². The van der Waals surface area contributed by atoms with Gasteiger partial charge in [-0.2, -0.15) is 0 Å². The molecule has 2 rings (SSSR count). The Morgan fingerprint density at radius 3 is 2.79 bits per heavy atom. The van der Waals surface area contributed by atoms with Gasteiger partial charge in [0.25, 0.3) is 0 Å². The van der Waals surface area contributed by atoms with Gasteiger partial charge < -0.3 is 14.8 Å². The molecule has 0 amide bonds. The summed E-state index contributed by atoms with van der Waals surface area (Å²) in [6, 6.07) is 8.85. The van der Waals surface area contributed by atoms with Gasteiger partial charge >= 0.3 is 0 Å². The van der Waals surface area contributed by atoms with E-state index in [1.165, 1.54) is 12.8 Å². The third kappa shape index (κ3) is 4.51. The first-order chi connectivity index (χ1) is 9.35. The Bertz CT molecular complexity index is 377. The number of para-hydroxylation sites is 1. The van der Waals surface area contributed by atoms with Crippen LogP contribution in [0.3, 0.4) is 0 Å². The maximum Gasteiger partial charge on any atom is 0.124 e. The monoisotopic (exact) mass is 263 g/mol. The van der Waals surface area contributed by atoms with E-state index in [9.17, 15) is 0 Å². The summed E-state index contributed by atoms with van der Waals surface area (Å²) in [5.74, 6) is 0.918. The predicted molar refractivity (Wildman–Crippen MR) is 77.6 cm³/mol. The average Bonchev–Trinajstić information content (AvgIpc) is 3.27. The molecule has 0 bridgehead atoms. The van der Waals surface area contributed by atoms with Gasteiger partial charge in [-0.3, -0.25) is 0 Å². The van der Waals surface area contributed by atoms with E-state index in [4.69, 9.17) is 9.47 Å². The second-order valence-electron chi connectivity index (χ2n) is 5.14. The van der Waals surface area contributed by atoms with Crippen LogP contribution in [0, 0.1) is 0 Å². The first-order valence-electron chi connectivity index (χ1n) is 7.33. The summed E-state index contributed by atoms with van der Waals surface area (Å²) in [4.78, 5) is 0. The van der Waals surface area contributed by atoms with Gasteiger partial charge in [-0.15, -0.1) is 0 Å². The van der Waals surface area contributed by atoms with E-state index in [1.54, 1.807) is 7.11 Å². The smallest absolute Gasteiger partial charge is 0.124 e. The van der Waals surface area contributed by atoms with Crippen molar-refractivity contribution in [1.82, 2.24) is 5.32 Å². The Kier molecular flexibility index (Phi) is 5.67. The third-order valence-corrected chi connectivity index (χ3v) is 3.47. The Labute approximate surface area is 116 Å². The largest absolute Gasteiger partial charge is 0.496 e. The zero-order valence-electron chi connectivity index (χ0n) is 12.0. The summed E-state index contributed by atoms with van der Waals surface area (Å²) in [5, 5.41) is 3.55. The van der Waals surface area contributed by atoms with Crippen LogP contribution in [-0.2, 0) is 4.74 Å². The van der Waals surface area contributed by atoms with Crippen LogP contribution in [0.4, 0.5) is 0 Å². The summed E-state index contributed by atoms with van der Waals surface area (Å²) in [6.45, 7) is 3.87. The van der Waals surface area contributed by atoms with Gasteiger partial charge in [0.05, 0.1) is 13.2 Å². The van der Waals surface area contributed by atoms with E-state index in [0.717, 1.165) is 37.3 Å². The lowest BCUT2D eigenvalue weighted by Gasteiger charge is -2.21. The minimum atomic E-state index is 0.0864.